The van der Waals surface area contributed by atoms with Crippen LogP contribution in [0.3, 0.4) is 0 Å². The zero-order chi connectivity index (χ0) is 25.6. The highest BCUT2D eigenvalue weighted by Gasteiger charge is 2.22. The quantitative estimate of drug-likeness (QED) is 0.266. The van der Waals surface area contributed by atoms with Crippen molar-refractivity contribution in [2.75, 3.05) is 26.2 Å². The average Bonchev–Trinajstić information content (AvgIpc) is 3.12. The molecule has 0 unspecified atom stereocenters. The molecule has 0 atom stereocenters. The maximum Gasteiger partial charge on any atom is 0.162 e. The molecule has 0 amide bonds. The molecule has 5 rings (SSSR count). The normalized spacial score (nSPS) is 16.3. The number of fused-ring (bicyclic) bond motifs is 1. The molecule has 1 saturated heterocycles. The Morgan fingerprint density at radius 2 is 1.51 bits per heavy atom. The third-order valence-electron chi connectivity index (χ3n) is 7.77. The van der Waals surface area contributed by atoms with Gasteiger partial charge in [-0.1, -0.05) is 42.0 Å². The Balaban J connectivity index is 0.00000210. The predicted molar refractivity (Wildman–Crippen MR) is 160 cm³/mol. The summed E-state index contributed by atoms with van der Waals surface area (Å²) in [7, 11) is 0. The molecule has 0 radical (unpaired) electrons. The van der Waals surface area contributed by atoms with Gasteiger partial charge in [0.1, 0.15) is 18.2 Å². The van der Waals surface area contributed by atoms with Crippen LogP contribution in [0, 0.1) is 18.7 Å². The number of hydrogen-bond donors (Lipinski definition) is 0. The topological polar surface area (TPSA) is 32.8 Å². The third-order valence-corrected chi connectivity index (χ3v) is 7.77. The van der Waals surface area contributed by atoms with Gasteiger partial charge in [0.05, 0.1) is 0 Å². The average molecular weight is 574 g/mol. The zero-order valence-electron chi connectivity index (χ0n) is 22.6. The number of ether oxygens (including phenoxy) is 1. The molecule has 1 fully saturated rings. The van der Waals surface area contributed by atoms with Crippen molar-refractivity contribution in [1.29, 1.82) is 0 Å². The number of halogens is 3. The van der Waals surface area contributed by atoms with Crippen molar-refractivity contribution in [3.63, 3.8) is 0 Å². The molecule has 3 aromatic carbocycles. The summed E-state index contributed by atoms with van der Waals surface area (Å²) in [5.41, 5.74) is 5.58. The van der Waals surface area contributed by atoms with E-state index in [9.17, 15) is 9.18 Å². The van der Waals surface area contributed by atoms with Gasteiger partial charge in [-0.25, -0.2) is 4.39 Å². The first kappa shape index (κ1) is 31.1. The van der Waals surface area contributed by atoms with Crippen molar-refractivity contribution in [2.45, 2.75) is 52.2 Å². The van der Waals surface area contributed by atoms with Gasteiger partial charge in [0, 0.05) is 43.7 Å². The molecule has 2 aliphatic heterocycles. The lowest BCUT2D eigenvalue weighted by Gasteiger charge is -2.32. The van der Waals surface area contributed by atoms with Crippen LogP contribution < -0.4 is 4.74 Å². The van der Waals surface area contributed by atoms with Crippen LogP contribution in [0.5, 0.6) is 5.75 Å². The summed E-state index contributed by atoms with van der Waals surface area (Å²) in [6.45, 7) is 8.18. The number of piperidine rings is 1. The molecule has 0 N–H and O–H groups in total. The van der Waals surface area contributed by atoms with Crippen LogP contribution in [0.4, 0.5) is 4.39 Å². The largest absolute Gasteiger partial charge is 0.492 e. The number of hydrogen-bond acceptors (Lipinski definition) is 4. The van der Waals surface area contributed by atoms with Crippen molar-refractivity contribution >= 4 is 30.6 Å². The molecule has 2 aliphatic rings. The number of ketones is 1. The SMILES string of the molecule is Cc1ccc(CN2CCC(CCC(=O)c3ccc4c(c3)CN(Cc3ccc(F)cc3)CCO4)CC2)cc1.Cl.Cl. The second kappa shape index (κ2) is 14.8. The Morgan fingerprint density at radius 3 is 2.21 bits per heavy atom. The van der Waals surface area contributed by atoms with E-state index in [1.54, 1.807) is 0 Å². The number of nitrogens with zero attached hydrogens (tertiary/aromatic N) is 2. The summed E-state index contributed by atoms with van der Waals surface area (Å²) in [5.74, 6) is 1.48. The molecule has 0 aliphatic carbocycles. The van der Waals surface area contributed by atoms with Crippen LogP contribution in [0.25, 0.3) is 0 Å². The van der Waals surface area contributed by atoms with Gasteiger partial charge in [-0.05, 0) is 86.7 Å². The molecule has 2 heterocycles. The van der Waals surface area contributed by atoms with Gasteiger partial charge in [-0.3, -0.25) is 14.6 Å². The van der Waals surface area contributed by atoms with E-state index in [0.717, 1.165) is 74.4 Å². The lowest BCUT2D eigenvalue weighted by atomic mass is 9.90. The molecule has 39 heavy (non-hydrogen) atoms. The van der Waals surface area contributed by atoms with Crippen molar-refractivity contribution < 1.29 is 13.9 Å². The van der Waals surface area contributed by atoms with Gasteiger partial charge in [0.25, 0.3) is 0 Å². The smallest absolute Gasteiger partial charge is 0.162 e. The number of likely N-dealkylation sites (tertiary alicyclic amines) is 1. The van der Waals surface area contributed by atoms with E-state index >= 15 is 0 Å². The number of Topliss-reactive ketones (excluding diaryl/α,β-unsaturated/α-hetero) is 1. The number of carbonyl (C=O) groups excluding carboxylic acids is 1. The van der Waals surface area contributed by atoms with Crippen LogP contribution in [-0.2, 0) is 19.6 Å². The standard InChI is InChI=1S/C32H37FN2O2.2ClH/c1-24-2-4-26(5-3-24)21-34-16-14-25(15-17-34)8-12-31(36)28-9-13-32-29(20-28)23-35(18-19-37-32)22-27-6-10-30(33)11-7-27;;/h2-7,9-11,13,20,25H,8,12,14-19,21-23H2,1H3;2*1H. The van der Waals surface area contributed by atoms with E-state index in [1.807, 2.05) is 30.3 Å². The molecule has 7 heteroatoms. The summed E-state index contributed by atoms with van der Waals surface area (Å²) < 4.78 is 19.2. The number of rotatable bonds is 8. The second-order valence-electron chi connectivity index (χ2n) is 10.7. The van der Waals surface area contributed by atoms with Gasteiger partial charge in [-0.15, -0.1) is 24.8 Å². The van der Waals surface area contributed by atoms with Crippen molar-refractivity contribution in [2.24, 2.45) is 5.92 Å². The highest BCUT2D eigenvalue weighted by molar-refractivity contribution is 5.96. The van der Waals surface area contributed by atoms with Crippen LogP contribution in [0.1, 0.15) is 58.3 Å². The predicted octanol–water partition coefficient (Wildman–Crippen LogP) is 7.25. The minimum absolute atomic E-state index is 0. The number of benzene rings is 3. The summed E-state index contributed by atoms with van der Waals surface area (Å²) in [6.07, 6.45) is 3.88. The lowest BCUT2D eigenvalue weighted by molar-refractivity contribution is 0.0961. The Kier molecular flexibility index (Phi) is 11.8. The van der Waals surface area contributed by atoms with Gasteiger partial charge >= 0.3 is 0 Å². The second-order valence-corrected chi connectivity index (χ2v) is 10.7. The van der Waals surface area contributed by atoms with Crippen LogP contribution >= 0.6 is 24.8 Å². The van der Waals surface area contributed by atoms with Crippen molar-refractivity contribution in [3.8, 4) is 5.75 Å². The first-order chi connectivity index (χ1) is 18.0. The minimum atomic E-state index is -0.218. The monoisotopic (exact) mass is 572 g/mol. The van der Waals surface area contributed by atoms with Gasteiger partial charge < -0.3 is 4.74 Å². The van der Waals surface area contributed by atoms with Gasteiger partial charge in [0.2, 0.25) is 0 Å². The van der Waals surface area contributed by atoms with Crippen molar-refractivity contribution in [3.05, 3.63) is 100 Å². The maximum absolute atomic E-state index is 13.3. The first-order valence-corrected chi connectivity index (χ1v) is 13.6. The highest BCUT2D eigenvalue weighted by atomic mass is 35.5. The van der Waals surface area contributed by atoms with E-state index in [-0.39, 0.29) is 36.4 Å². The summed E-state index contributed by atoms with van der Waals surface area (Å²) >= 11 is 0. The van der Waals surface area contributed by atoms with Crippen LogP contribution in [-0.4, -0.2) is 41.8 Å². The number of carbonyl (C=O) groups is 1. The maximum atomic E-state index is 13.3. The Labute approximate surface area is 244 Å². The van der Waals surface area contributed by atoms with E-state index in [4.69, 9.17) is 4.74 Å². The molecule has 0 saturated carbocycles. The highest BCUT2D eigenvalue weighted by Crippen LogP contribution is 2.28. The molecule has 0 aromatic heterocycles. The van der Waals surface area contributed by atoms with Gasteiger partial charge in [-0.2, -0.15) is 0 Å². The summed E-state index contributed by atoms with van der Waals surface area (Å²) in [4.78, 5) is 17.9. The molecular formula is C32H39Cl2FN2O2. The van der Waals surface area contributed by atoms with E-state index in [1.165, 1.54) is 23.3 Å². The Hall–Kier alpha value is -2.44. The van der Waals surface area contributed by atoms with Crippen LogP contribution in [0.15, 0.2) is 66.7 Å². The molecular weight excluding hydrogens is 534 g/mol. The molecule has 4 nitrogen and oxygen atoms in total. The molecule has 0 spiro atoms. The van der Waals surface area contributed by atoms with E-state index < -0.39 is 0 Å². The first-order valence-electron chi connectivity index (χ1n) is 13.6. The lowest BCUT2D eigenvalue weighted by Crippen LogP contribution is -2.33. The Bertz CT molecular complexity index is 1200. The third kappa shape index (κ3) is 8.77. The minimum Gasteiger partial charge on any atom is -0.492 e. The van der Waals surface area contributed by atoms with E-state index in [0.29, 0.717) is 25.5 Å². The number of aryl methyl sites for hydroxylation is 1. The van der Waals surface area contributed by atoms with Crippen LogP contribution in [0.2, 0.25) is 0 Å². The van der Waals surface area contributed by atoms with Crippen molar-refractivity contribution in [1.82, 2.24) is 9.80 Å². The fraction of sp³-hybridized carbons (Fsp3) is 0.406. The molecule has 210 valence electrons. The summed E-state index contributed by atoms with van der Waals surface area (Å²) in [5, 5.41) is 0. The fourth-order valence-electron chi connectivity index (χ4n) is 5.47. The van der Waals surface area contributed by atoms with Gasteiger partial charge in [0.15, 0.2) is 5.78 Å². The van der Waals surface area contributed by atoms with E-state index in [2.05, 4.69) is 41.0 Å². The summed E-state index contributed by atoms with van der Waals surface area (Å²) in [6, 6.07) is 21.4. The molecule has 0 bridgehead atoms. The zero-order valence-corrected chi connectivity index (χ0v) is 24.2. The molecule has 3 aromatic rings. The fourth-order valence-corrected chi connectivity index (χ4v) is 5.47. The Morgan fingerprint density at radius 1 is 0.872 bits per heavy atom.